The predicted molar refractivity (Wildman–Crippen MR) is 191 cm³/mol. The SMILES string of the molecule is c1ccc2c(-c3ccc4ccc5c(-c6ccc(-c7cccc8c7oc7ccccc78)cc6)ccc6ccc3c4c65)cccc2c1. The molecule has 0 saturated carbocycles. The van der Waals surface area contributed by atoms with Gasteiger partial charge in [0.15, 0.2) is 0 Å². The van der Waals surface area contributed by atoms with Crippen LogP contribution in [0.3, 0.4) is 0 Å². The van der Waals surface area contributed by atoms with Gasteiger partial charge in [0.05, 0.1) is 0 Å². The van der Waals surface area contributed by atoms with E-state index in [1.54, 1.807) is 0 Å². The van der Waals surface area contributed by atoms with Crippen LogP contribution in [-0.4, -0.2) is 0 Å². The van der Waals surface area contributed by atoms with Crippen LogP contribution in [0.4, 0.5) is 0 Å². The summed E-state index contributed by atoms with van der Waals surface area (Å²) >= 11 is 0. The number of fused-ring (bicyclic) bond motifs is 4. The summed E-state index contributed by atoms with van der Waals surface area (Å²) in [6, 6.07) is 57.3. The average molecular weight is 571 g/mol. The first-order valence-corrected chi connectivity index (χ1v) is 15.5. The van der Waals surface area contributed by atoms with E-state index >= 15 is 0 Å². The Morgan fingerprint density at radius 3 is 1.62 bits per heavy atom. The van der Waals surface area contributed by atoms with Gasteiger partial charge < -0.3 is 4.42 Å². The first-order chi connectivity index (χ1) is 22.3. The summed E-state index contributed by atoms with van der Waals surface area (Å²) in [5.74, 6) is 0. The lowest BCUT2D eigenvalue weighted by molar-refractivity contribution is 0.670. The minimum atomic E-state index is 0.925. The molecule has 208 valence electrons. The number of furan rings is 1. The van der Waals surface area contributed by atoms with Gasteiger partial charge >= 0.3 is 0 Å². The second-order valence-corrected chi connectivity index (χ2v) is 12.0. The molecule has 1 heterocycles. The highest BCUT2D eigenvalue weighted by Gasteiger charge is 2.17. The van der Waals surface area contributed by atoms with E-state index < -0.39 is 0 Å². The van der Waals surface area contributed by atoms with Gasteiger partial charge in [-0.2, -0.15) is 0 Å². The third kappa shape index (κ3) is 3.56. The molecule has 0 amide bonds. The van der Waals surface area contributed by atoms with Crippen molar-refractivity contribution in [3.05, 3.63) is 158 Å². The Hall–Kier alpha value is -5.92. The Bertz CT molecular complexity index is 2740. The fraction of sp³-hybridized carbons (Fsp3) is 0. The normalized spacial score (nSPS) is 12.0. The minimum absolute atomic E-state index is 0.925. The number of hydrogen-bond acceptors (Lipinski definition) is 1. The molecule has 10 rings (SSSR count). The van der Waals surface area contributed by atoms with Crippen molar-refractivity contribution in [2.45, 2.75) is 0 Å². The van der Waals surface area contributed by atoms with Crippen LogP contribution >= 0.6 is 0 Å². The van der Waals surface area contributed by atoms with E-state index in [2.05, 4.69) is 146 Å². The third-order valence-corrected chi connectivity index (χ3v) is 9.66. The van der Waals surface area contributed by atoms with Crippen LogP contribution in [0.15, 0.2) is 162 Å². The van der Waals surface area contributed by atoms with Crippen molar-refractivity contribution in [1.29, 1.82) is 0 Å². The van der Waals surface area contributed by atoms with E-state index in [-0.39, 0.29) is 0 Å². The van der Waals surface area contributed by atoms with E-state index in [0.29, 0.717) is 0 Å². The smallest absolute Gasteiger partial charge is 0.143 e. The monoisotopic (exact) mass is 570 g/mol. The molecule has 0 saturated heterocycles. The van der Waals surface area contributed by atoms with Crippen LogP contribution in [0.25, 0.3) is 98.4 Å². The molecule has 0 spiro atoms. The molecular formula is C44H26O. The molecule has 1 heteroatoms. The lowest BCUT2D eigenvalue weighted by Gasteiger charge is -2.17. The van der Waals surface area contributed by atoms with Gasteiger partial charge in [-0.3, -0.25) is 0 Å². The van der Waals surface area contributed by atoms with E-state index in [0.717, 1.165) is 33.1 Å². The molecular weight excluding hydrogens is 544 g/mol. The summed E-state index contributed by atoms with van der Waals surface area (Å²) in [7, 11) is 0. The van der Waals surface area contributed by atoms with Crippen molar-refractivity contribution in [2.75, 3.05) is 0 Å². The van der Waals surface area contributed by atoms with E-state index in [1.165, 1.54) is 65.3 Å². The summed E-state index contributed by atoms with van der Waals surface area (Å²) in [6.07, 6.45) is 0. The zero-order valence-corrected chi connectivity index (χ0v) is 24.4. The number of benzene rings is 9. The molecule has 0 bridgehead atoms. The number of para-hydroxylation sites is 2. The lowest BCUT2D eigenvalue weighted by Crippen LogP contribution is -1.90. The van der Waals surface area contributed by atoms with E-state index in [1.807, 2.05) is 12.1 Å². The maximum Gasteiger partial charge on any atom is 0.143 e. The molecule has 0 aliphatic rings. The fourth-order valence-corrected chi connectivity index (χ4v) is 7.55. The van der Waals surface area contributed by atoms with Crippen molar-refractivity contribution >= 4 is 65.0 Å². The maximum absolute atomic E-state index is 6.34. The summed E-state index contributed by atoms with van der Waals surface area (Å²) in [5, 5.41) is 12.7. The van der Waals surface area contributed by atoms with Crippen molar-refractivity contribution in [3.8, 4) is 33.4 Å². The summed E-state index contributed by atoms with van der Waals surface area (Å²) in [6.45, 7) is 0. The molecule has 10 aromatic rings. The van der Waals surface area contributed by atoms with Crippen LogP contribution in [0, 0.1) is 0 Å². The van der Waals surface area contributed by atoms with Gasteiger partial charge in [0, 0.05) is 16.3 Å². The third-order valence-electron chi connectivity index (χ3n) is 9.66. The quantitative estimate of drug-likeness (QED) is 0.193. The summed E-state index contributed by atoms with van der Waals surface area (Å²) in [5.41, 5.74) is 9.16. The highest BCUT2D eigenvalue weighted by Crippen LogP contribution is 2.44. The van der Waals surface area contributed by atoms with Crippen molar-refractivity contribution in [1.82, 2.24) is 0 Å². The van der Waals surface area contributed by atoms with Crippen LogP contribution in [0.1, 0.15) is 0 Å². The Morgan fingerprint density at radius 2 is 0.822 bits per heavy atom. The van der Waals surface area contributed by atoms with Gasteiger partial charge in [-0.25, -0.2) is 0 Å². The molecule has 0 fully saturated rings. The molecule has 0 unspecified atom stereocenters. The van der Waals surface area contributed by atoms with Crippen LogP contribution < -0.4 is 0 Å². The molecule has 45 heavy (non-hydrogen) atoms. The van der Waals surface area contributed by atoms with E-state index in [4.69, 9.17) is 4.42 Å². The predicted octanol–water partition coefficient (Wildman–Crippen LogP) is 12.6. The Labute approximate surface area is 259 Å². The summed E-state index contributed by atoms with van der Waals surface area (Å²) < 4.78 is 6.34. The van der Waals surface area contributed by atoms with Crippen LogP contribution in [0.2, 0.25) is 0 Å². The second-order valence-electron chi connectivity index (χ2n) is 12.0. The zero-order valence-electron chi connectivity index (χ0n) is 24.4. The van der Waals surface area contributed by atoms with Crippen molar-refractivity contribution < 1.29 is 4.42 Å². The number of rotatable bonds is 3. The highest BCUT2D eigenvalue weighted by molar-refractivity contribution is 6.28. The van der Waals surface area contributed by atoms with Crippen molar-refractivity contribution in [2.24, 2.45) is 0 Å². The standard InChI is InChI=1S/C44H26O/c1-2-9-32-27(7-1)8-5-12-35(32)36-24-20-31-21-25-38-33(23-19-30-22-26-39(36)43(31)42(30)38)28-15-17-29(18-16-28)34-11-6-13-40-37-10-3-4-14-41(37)45-44(34)40/h1-26H. The van der Waals surface area contributed by atoms with Crippen LogP contribution in [-0.2, 0) is 0 Å². The molecule has 1 nitrogen and oxygen atoms in total. The van der Waals surface area contributed by atoms with E-state index in [9.17, 15) is 0 Å². The van der Waals surface area contributed by atoms with Crippen molar-refractivity contribution in [3.63, 3.8) is 0 Å². The molecule has 1 aromatic heterocycles. The Kier molecular flexibility index (Phi) is 5.06. The fourth-order valence-electron chi connectivity index (χ4n) is 7.55. The first kappa shape index (κ1) is 24.5. The molecule has 9 aromatic carbocycles. The Balaban J connectivity index is 1.14. The Morgan fingerprint density at radius 1 is 0.289 bits per heavy atom. The largest absolute Gasteiger partial charge is 0.455 e. The molecule has 0 N–H and O–H groups in total. The molecule has 0 aliphatic carbocycles. The van der Waals surface area contributed by atoms with Gasteiger partial charge in [0.25, 0.3) is 0 Å². The molecule has 0 radical (unpaired) electrons. The van der Waals surface area contributed by atoms with Gasteiger partial charge in [-0.15, -0.1) is 0 Å². The highest BCUT2D eigenvalue weighted by atomic mass is 16.3. The number of hydrogen-bond donors (Lipinski definition) is 0. The van der Waals surface area contributed by atoms with Gasteiger partial charge in [-0.05, 0) is 77.0 Å². The van der Waals surface area contributed by atoms with Gasteiger partial charge in [-0.1, -0.05) is 152 Å². The molecule has 0 atom stereocenters. The van der Waals surface area contributed by atoms with Gasteiger partial charge in [0.1, 0.15) is 11.2 Å². The second kappa shape index (κ2) is 9.29. The summed E-state index contributed by atoms with van der Waals surface area (Å²) in [4.78, 5) is 0. The minimum Gasteiger partial charge on any atom is -0.455 e. The first-order valence-electron chi connectivity index (χ1n) is 15.5. The average Bonchev–Trinajstić information content (AvgIpc) is 3.49. The maximum atomic E-state index is 6.34. The van der Waals surface area contributed by atoms with Crippen LogP contribution in [0.5, 0.6) is 0 Å². The molecule has 0 aliphatic heterocycles. The lowest BCUT2D eigenvalue weighted by atomic mass is 9.86. The topological polar surface area (TPSA) is 13.1 Å². The zero-order chi connectivity index (χ0) is 29.5. The van der Waals surface area contributed by atoms with Gasteiger partial charge in [0.2, 0.25) is 0 Å².